The van der Waals surface area contributed by atoms with Crippen molar-refractivity contribution in [3.8, 4) is 0 Å². The second-order valence-corrected chi connectivity index (χ2v) is 6.24. The largest absolute Gasteiger partial charge is 0.382 e. The van der Waals surface area contributed by atoms with Gasteiger partial charge in [0.15, 0.2) is 0 Å². The van der Waals surface area contributed by atoms with Crippen LogP contribution < -0.4 is 5.32 Å². The van der Waals surface area contributed by atoms with E-state index in [1.54, 1.807) is 24.5 Å². The minimum absolute atomic E-state index is 0.0952. The lowest BCUT2D eigenvalue weighted by molar-refractivity contribution is -0.383. The van der Waals surface area contributed by atoms with Crippen molar-refractivity contribution in [3.05, 3.63) is 40.7 Å². The zero-order valence-electron chi connectivity index (χ0n) is 12.2. The van der Waals surface area contributed by atoms with E-state index in [-0.39, 0.29) is 10.6 Å². The van der Waals surface area contributed by atoms with E-state index >= 15 is 0 Å². The van der Waals surface area contributed by atoms with E-state index in [4.69, 9.17) is 0 Å². The van der Waals surface area contributed by atoms with Gasteiger partial charge in [0.1, 0.15) is 0 Å². The summed E-state index contributed by atoms with van der Waals surface area (Å²) in [5, 5.41) is 15.9. The van der Waals surface area contributed by atoms with Gasteiger partial charge in [-0.05, 0) is 37.0 Å². The summed E-state index contributed by atoms with van der Waals surface area (Å²) in [5.74, 6) is 2.23. The molecule has 2 aromatic rings. The fourth-order valence-corrected chi connectivity index (χ4v) is 3.01. The summed E-state index contributed by atoms with van der Waals surface area (Å²) in [7, 11) is 0. The Morgan fingerprint density at radius 2 is 2.19 bits per heavy atom. The number of aromatic nitrogens is 1. The molecule has 0 saturated heterocycles. The smallest absolute Gasteiger partial charge is 0.278 e. The number of hydrogen-bond donors (Lipinski definition) is 1. The second-order valence-electron chi connectivity index (χ2n) is 4.84. The highest BCUT2D eigenvalue weighted by atomic mass is 32.2. The van der Waals surface area contributed by atoms with Crippen molar-refractivity contribution in [2.45, 2.75) is 26.3 Å². The van der Waals surface area contributed by atoms with Crippen LogP contribution in [0.2, 0.25) is 0 Å². The first kappa shape index (κ1) is 15.6. The van der Waals surface area contributed by atoms with Crippen molar-refractivity contribution in [3.63, 3.8) is 0 Å². The molecule has 1 heterocycles. The van der Waals surface area contributed by atoms with Gasteiger partial charge in [0.25, 0.3) is 5.69 Å². The first-order valence-electron chi connectivity index (χ1n) is 6.99. The number of non-ortho nitro benzene ring substituents is 1. The standard InChI is InChI=1S/C15H19N3O2S/c1-3-21-9-7-11(2)17-14-4-5-15(18(19)20)13-10-16-8-6-12(13)14/h4-6,8,10-11,17H,3,7,9H2,1-2H3. The third-order valence-corrected chi connectivity index (χ3v) is 4.23. The number of hydrogen-bond acceptors (Lipinski definition) is 5. The van der Waals surface area contributed by atoms with Crippen LogP contribution >= 0.6 is 11.8 Å². The molecule has 1 aromatic heterocycles. The Bertz CT molecular complexity index is 633. The highest BCUT2D eigenvalue weighted by Crippen LogP contribution is 2.31. The molecule has 0 fully saturated rings. The van der Waals surface area contributed by atoms with Gasteiger partial charge in [-0.15, -0.1) is 0 Å². The molecule has 1 N–H and O–H groups in total. The van der Waals surface area contributed by atoms with Crippen LogP contribution in [0.4, 0.5) is 11.4 Å². The number of nitro groups is 1. The van der Waals surface area contributed by atoms with Gasteiger partial charge in [-0.3, -0.25) is 15.1 Å². The van der Waals surface area contributed by atoms with Crippen molar-refractivity contribution in [1.82, 2.24) is 4.98 Å². The minimum Gasteiger partial charge on any atom is -0.382 e. The minimum atomic E-state index is -0.366. The SMILES string of the molecule is CCSCCC(C)Nc1ccc([N+](=O)[O-])c2cnccc12. The lowest BCUT2D eigenvalue weighted by atomic mass is 10.1. The van der Waals surface area contributed by atoms with E-state index in [2.05, 4.69) is 24.1 Å². The summed E-state index contributed by atoms with van der Waals surface area (Å²) in [6.45, 7) is 4.28. The van der Waals surface area contributed by atoms with Crippen LogP contribution in [0.1, 0.15) is 20.3 Å². The van der Waals surface area contributed by atoms with Crippen LogP contribution in [0.3, 0.4) is 0 Å². The number of anilines is 1. The number of pyridine rings is 1. The Kier molecular flexibility index (Phi) is 5.38. The quantitative estimate of drug-likeness (QED) is 0.474. The van der Waals surface area contributed by atoms with Crippen LogP contribution in [0.5, 0.6) is 0 Å². The summed E-state index contributed by atoms with van der Waals surface area (Å²) < 4.78 is 0. The van der Waals surface area contributed by atoms with Crippen LogP contribution in [-0.4, -0.2) is 27.5 Å². The molecule has 1 aromatic carbocycles. The van der Waals surface area contributed by atoms with Gasteiger partial charge in [0.2, 0.25) is 0 Å². The molecular weight excluding hydrogens is 286 g/mol. The molecule has 0 radical (unpaired) electrons. The molecule has 1 atom stereocenters. The number of fused-ring (bicyclic) bond motifs is 1. The predicted molar refractivity (Wildman–Crippen MR) is 89.1 cm³/mol. The lowest BCUT2D eigenvalue weighted by Crippen LogP contribution is -2.16. The highest BCUT2D eigenvalue weighted by Gasteiger charge is 2.15. The molecule has 0 amide bonds. The Morgan fingerprint density at radius 1 is 1.38 bits per heavy atom. The highest BCUT2D eigenvalue weighted by molar-refractivity contribution is 7.99. The molecule has 0 spiro atoms. The first-order valence-corrected chi connectivity index (χ1v) is 8.14. The summed E-state index contributed by atoms with van der Waals surface area (Å²) in [4.78, 5) is 14.7. The number of nitro benzene ring substituents is 1. The van der Waals surface area contributed by atoms with Crippen LogP contribution in [-0.2, 0) is 0 Å². The van der Waals surface area contributed by atoms with Gasteiger partial charge < -0.3 is 5.32 Å². The van der Waals surface area contributed by atoms with Crippen LogP contribution in [0, 0.1) is 10.1 Å². The van der Waals surface area contributed by atoms with Crippen molar-refractivity contribution in [1.29, 1.82) is 0 Å². The maximum absolute atomic E-state index is 11.1. The maximum atomic E-state index is 11.1. The molecule has 5 nitrogen and oxygen atoms in total. The molecule has 2 rings (SSSR count). The van der Waals surface area contributed by atoms with Gasteiger partial charge in [0, 0.05) is 35.6 Å². The Balaban J connectivity index is 2.25. The number of benzene rings is 1. The summed E-state index contributed by atoms with van der Waals surface area (Å²) in [5.41, 5.74) is 1.02. The van der Waals surface area contributed by atoms with Gasteiger partial charge in [-0.2, -0.15) is 11.8 Å². The number of nitrogens with one attached hydrogen (secondary N) is 1. The van der Waals surface area contributed by atoms with Crippen molar-refractivity contribution < 1.29 is 4.92 Å². The van der Waals surface area contributed by atoms with E-state index in [1.165, 1.54) is 0 Å². The molecule has 0 aliphatic heterocycles. The predicted octanol–water partition coefficient (Wildman–Crippen LogP) is 4.09. The molecular formula is C15H19N3O2S. The lowest BCUT2D eigenvalue weighted by Gasteiger charge is -2.16. The van der Waals surface area contributed by atoms with Crippen molar-refractivity contribution in [2.24, 2.45) is 0 Å². The summed E-state index contributed by atoms with van der Waals surface area (Å²) in [6, 6.07) is 5.46. The van der Waals surface area contributed by atoms with Crippen LogP contribution in [0.25, 0.3) is 10.8 Å². The third kappa shape index (κ3) is 3.85. The average molecular weight is 305 g/mol. The molecule has 0 aliphatic carbocycles. The van der Waals surface area contributed by atoms with E-state index < -0.39 is 0 Å². The number of nitrogens with zero attached hydrogens (tertiary/aromatic N) is 2. The molecule has 6 heteroatoms. The average Bonchev–Trinajstić information content (AvgIpc) is 2.47. The fraction of sp³-hybridized carbons (Fsp3) is 0.400. The van der Waals surface area contributed by atoms with Crippen LogP contribution in [0.15, 0.2) is 30.6 Å². The fourth-order valence-electron chi connectivity index (χ4n) is 2.20. The number of thioether (sulfide) groups is 1. The monoisotopic (exact) mass is 305 g/mol. The number of rotatable bonds is 7. The molecule has 21 heavy (non-hydrogen) atoms. The maximum Gasteiger partial charge on any atom is 0.278 e. The van der Waals surface area contributed by atoms with Gasteiger partial charge in [-0.1, -0.05) is 6.92 Å². The molecule has 1 unspecified atom stereocenters. The Morgan fingerprint density at radius 3 is 2.90 bits per heavy atom. The molecule has 0 saturated carbocycles. The van der Waals surface area contributed by atoms with E-state index in [9.17, 15) is 10.1 Å². The van der Waals surface area contributed by atoms with E-state index in [0.717, 1.165) is 29.0 Å². The topological polar surface area (TPSA) is 68.1 Å². The first-order chi connectivity index (χ1) is 10.1. The van der Waals surface area contributed by atoms with Gasteiger partial charge in [-0.25, -0.2) is 0 Å². The second kappa shape index (κ2) is 7.26. The zero-order chi connectivity index (χ0) is 15.2. The van der Waals surface area contributed by atoms with E-state index in [1.807, 2.05) is 17.8 Å². The molecule has 112 valence electrons. The van der Waals surface area contributed by atoms with Crippen molar-refractivity contribution in [2.75, 3.05) is 16.8 Å². The normalized spacial score (nSPS) is 12.3. The Hall–Kier alpha value is -1.82. The Labute approximate surface area is 128 Å². The van der Waals surface area contributed by atoms with E-state index in [0.29, 0.717) is 11.4 Å². The molecule has 0 aliphatic rings. The third-order valence-electron chi connectivity index (χ3n) is 3.29. The van der Waals surface area contributed by atoms with Gasteiger partial charge in [0.05, 0.1) is 10.3 Å². The van der Waals surface area contributed by atoms with Crippen molar-refractivity contribution >= 4 is 33.9 Å². The summed E-state index contributed by atoms with van der Waals surface area (Å²) in [6.07, 6.45) is 4.27. The summed E-state index contributed by atoms with van der Waals surface area (Å²) >= 11 is 1.92. The molecule has 0 bridgehead atoms. The van der Waals surface area contributed by atoms with Gasteiger partial charge >= 0.3 is 0 Å². The zero-order valence-corrected chi connectivity index (χ0v) is 13.0.